The van der Waals surface area contributed by atoms with Crippen molar-refractivity contribution >= 4 is 12.4 Å². The van der Waals surface area contributed by atoms with Crippen molar-refractivity contribution in [2.45, 2.75) is 31.1 Å². The lowest BCUT2D eigenvalue weighted by Gasteiger charge is -2.16. The summed E-state index contributed by atoms with van der Waals surface area (Å²) in [5.41, 5.74) is -2.49. The van der Waals surface area contributed by atoms with Gasteiger partial charge in [0.2, 0.25) is 0 Å². The molecule has 1 aromatic carbocycles. The molecule has 0 spiro atoms. The molecular formula is C17H17ClF5N3O2. The fraction of sp³-hybridized carbons (Fsp3) is 0.412. The Balaban J connectivity index is 0.00000280. The Kier molecular flexibility index (Phi) is 6.34. The molecule has 1 fully saturated rings. The van der Waals surface area contributed by atoms with Gasteiger partial charge >= 0.3 is 6.18 Å². The van der Waals surface area contributed by atoms with Crippen molar-refractivity contribution in [1.29, 1.82) is 0 Å². The van der Waals surface area contributed by atoms with Gasteiger partial charge in [-0.05, 0) is 23.8 Å². The molecule has 0 radical (unpaired) electrons. The number of alkyl halides is 5. The van der Waals surface area contributed by atoms with Crippen molar-refractivity contribution in [3.05, 3.63) is 57.5 Å². The minimum absolute atomic E-state index is 0. The van der Waals surface area contributed by atoms with Crippen LogP contribution < -0.4 is 15.6 Å². The molecule has 1 aliphatic rings. The van der Waals surface area contributed by atoms with Crippen molar-refractivity contribution < 1.29 is 26.7 Å². The molecule has 0 bridgehead atoms. The third-order valence-corrected chi connectivity index (χ3v) is 4.26. The molecule has 0 amide bonds. The number of benzene rings is 1. The molecule has 0 saturated carbocycles. The van der Waals surface area contributed by atoms with Gasteiger partial charge in [-0.25, -0.2) is 13.5 Å². The lowest BCUT2D eigenvalue weighted by atomic mass is 10.1. The number of methoxy groups -OCH3 is 1. The van der Waals surface area contributed by atoms with E-state index in [9.17, 15) is 26.7 Å². The summed E-state index contributed by atoms with van der Waals surface area (Å²) in [7, 11) is 1.46. The summed E-state index contributed by atoms with van der Waals surface area (Å²) in [4.78, 5) is 12.2. The Bertz CT molecular complexity index is 884. The Morgan fingerprint density at radius 2 is 1.93 bits per heavy atom. The van der Waals surface area contributed by atoms with E-state index in [1.54, 1.807) is 24.3 Å². The Labute approximate surface area is 162 Å². The van der Waals surface area contributed by atoms with Crippen LogP contribution in [0.3, 0.4) is 0 Å². The van der Waals surface area contributed by atoms with Gasteiger partial charge in [0.1, 0.15) is 11.3 Å². The van der Waals surface area contributed by atoms with Crippen LogP contribution in [0.1, 0.15) is 29.3 Å². The van der Waals surface area contributed by atoms with Gasteiger partial charge in [0, 0.05) is 6.42 Å². The molecule has 2 heterocycles. The van der Waals surface area contributed by atoms with E-state index in [4.69, 9.17) is 4.74 Å². The van der Waals surface area contributed by atoms with Gasteiger partial charge in [-0.2, -0.15) is 18.3 Å². The van der Waals surface area contributed by atoms with Crippen LogP contribution in [0.4, 0.5) is 22.0 Å². The zero-order valence-corrected chi connectivity index (χ0v) is 15.4. The van der Waals surface area contributed by atoms with Crippen molar-refractivity contribution in [3.8, 4) is 5.75 Å². The number of aromatic nitrogens is 2. The molecule has 28 heavy (non-hydrogen) atoms. The Morgan fingerprint density at radius 3 is 2.43 bits per heavy atom. The summed E-state index contributed by atoms with van der Waals surface area (Å²) in [6, 6.07) is 5.82. The zero-order valence-electron chi connectivity index (χ0n) is 14.6. The summed E-state index contributed by atoms with van der Waals surface area (Å²) in [6.07, 6.45) is -5.60. The maximum Gasteiger partial charge on any atom is 0.421 e. The fourth-order valence-corrected chi connectivity index (χ4v) is 2.87. The Hall–Kier alpha value is -2.20. The summed E-state index contributed by atoms with van der Waals surface area (Å²) < 4.78 is 72.3. The van der Waals surface area contributed by atoms with E-state index in [1.807, 2.05) is 0 Å². The predicted molar refractivity (Wildman–Crippen MR) is 93.2 cm³/mol. The maximum atomic E-state index is 13.4. The third-order valence-electron chi connectivity index (χ3n) is 4.26. The third kappa shape index (κ3) is 4.79. The second kappa shape index (κ2) is 8.04. The van der Waals surface area contributed by atoms with Crippen LogP contribution in [0.25, 0.3) is 0 Å². The van der Waals surface area contributed by atoms with Gasteiger partial charge in [0.05, 0.1) is 31.9 Å². The molecule has 1 aromatic heterocycles. The quantitative estimate of drug-likeness (QED) is 0.763. The van der Waals surface area contributed by atoms with E-state index in [2.05, 4.69) is 10.4 Å². The van der Waals surface area contributed by atoms with Crippen molar-refractivity contribution in [1.82, 2.24) is 15.1 Å². The minimum atomic E-state index is -4.92. The molecule has 5 nitrogen and oxygen atoms in total. The highest BCUT2D eigenvalue weighted by Crippen LogP contribution is 2.34. The molecule has 1 aliphatic heterocycles. The number of nitrogens with one attached hydrogen (secondary N) is 1. The van der Waals surface area contributed by atoms with Crippen LogP contribution in [0, 0.1) is 0 Å². The number of hydrogen-bond acceptors (Lipinski definition) is 4. The van der Waals surface area contributed by atoms with Crippen molar-refractivity contribution in [2.75, 3.05) is 13.7 Å². The van der Waals surface area contributed by atoms with E-state index in [0.29, 0.717) is 22.1 Å². The number of rotatable bonds is 4. The molecule has 1 N–H and O–H groups in total. The van der Waals surface area contributed by atoms with Crippen LogP contribution in [0.2, 0.25) is 0 Å². The molecule has 1 saturated heterocycles. The van der Waals surface area contributed by atoms with Crippen molar-refractivity contribution in [3.63, 3.8) is 0 Å². The molecule has 0 unspecified atom stereocenters. The van der Waals surface area contributed by atoms with Crippen LogP contribution in [-0.2, 0) is 12.7 Å². The first-order chi connectivity index (χ1) is 12.6. The zero-order chi connectivity index (χ0) is 19.8. The first-order valence-corrected chi connectivity index (χ1v) is 8.02. The topological polar surface area (TPSA) is 56.1 Å². The number of hydrogen-bond donors (Lipinski definition) is 1. The average molecular weight is 426 g/mol. The average Bonchev–Trinajstić information content (AvgIpc) is 2.96. The van der Waals surface area contributed by atoms with Gasteiger partial charge in [-0.1, -0.05) is 12.1 Å². The van der Waals surface area contributed by atoms with Gasteiger partial charge in [-0.3, -0.25) is 4.79 Å². The molecule has 1 atom stereocenters. The second-order valence-electron chi connectivity index (χ2n) is 6.29. The predicted octanol–water partition coefficient (Wildman–Crippen LogP) is 3.41. The molecule has 154 valence electrons. The van der Waals surface area contributed by atoms with Gasteiger partial charge < -0.3 is 10.1 Å². The molecule has 2 aromatic rings. The van der Waals surface area contributed by atoms with Gasteiger partial charge in [0.15, 0.2) is 0 Å². The largest absolute Gasteiger partial charge is 0.497 e. The van der Waals surface area contributed by atoms with E-state index in [-0.39, 0.29) is 24.6 Å². The van der Waals surface area contributed by atoms with Crippen molar-refractivity contribution in [2.24, 2.45) is 0 Å². The Morgan fingerprint density at radius 1 is 1.29 bits per heavy atom. The molecule has 11 heteroatoms. The van der Waals surface area contributed by atoms with E-state index in [1.165, 1.54) is 7.11 Å². The smallest absolute Gasteiger partial charge is 0.421 e. The molecular weight excluding hydrogens is 409 g/mol. The van der Waals surface area contributed by atoms with Crippen LogP contribution in [0.5, 0.6) is 5.75 Å². The maximum absolute atomic E-state index is 13.4. The molecule has 0 aliphatic carbocycles. The highest BCUT2D eigenvalue weighted by Gasteiger charge is 2.42. The molecule has 3 rings (SSSR count). The van der Waals surface area contributed by atoms with Crippen LogP contribution >= 0.6 is 12.4 Å². The monoisotopic (exact) mass is 425 g/mol. The first-order valence-electron chi connectivity index (χ1n) is 8.02. The second-order valence-corrected chi connectivity index (χ2v) is 6.29. The van der Waals surface area contributed by atoms with Crippen LogP contribution in [0.15, 0.2) is 35.1 Å². The SMILES string of the molecule is COc1ccc(Cn2nc([C@H]3CC(F)(F)CN3)cc(C(F)(F)F)c2=O)cc1.Cl. The number of nitrogens with zero attached hydrogens (tertiary/aromatic N) is 2. The van der Waals surface area contributed by atoms with E-state index in [0.717, 1.165) is 0 Å². The van der Waals surface area contributed by atoms with E-state index >= 15 is 0 Å². The fourth-order valence-electron chi connectivity index (χ4n) is 2.87. The summed E-state index contributed by atoms with van der Waals surface area (Å²) in [5, 5.41) is 6.36. The summed E-state index contributed by atoms with van der Waals surface area (Å²) in [5.74, 6) is -2.50. The highest BCUT2D eigenvalue weighted by atomic mass is 35.5. The normalized spacial score (nSPS) is 18.6. The lowest BCUT2D eigenvalue weighted by Crippen LogP contribution is -2.33. The van der Waals surface area contributed by atoms with Crippen LogP contribution in [-0.4, -0.2) is 29.4 Å². The highest BCUT2D eigenvalue weighted by molar-refractivity contribution is 5.85. The summed E-state index contributed by atoms with van der Waals surface area (Å²) in [6.45, 7) is -0.888. The first kappa shape index (κ1) is 22.1. The lowest BCUT2D eigenvalue weighted by molar-refractivity contribution is -0.139. The van der Waals surface area contributed by atoms with Gasteiger partial charge in [0.25, 0.3) is 11.5 Å². The number of ether oxygens (including phenoxy) is 1. The van der Waals surface area contributed by atoms with E-state index < -0.39 is 42.2 Å². The minimum Gasteiger partial charge on any atom is -0.497 e. The van der Waals surface area contributed by atoms with Gasteiger partial charge in [-0.15, -0.1) is 12.4 Å². The standard InChI is InChI=1S/C17H16F5N3O2.ClH/c1-27-11-4-2-10(3-5-11)8-25-15(26)12(17(20,21)22)6-13(24-25)14-7-16(18,19)9-23-14;/h2-6,14,23H,7-9H2,1H3;1H/t14-;/m1./s1. The number of halogens is 6. The summed E-state index contributed by atoms with van der Waals surface area (Å²) >= 11 is 0.